The molecule has 0 aromatic heterocycles. The molecular formula is C8H15NO6. The van der Waals surface area contributed by atoms with E-state index in [1.165, 1.54) is 6.92 Å². The van der Waals surface area contributed by atoms with E-state index in [2.05, 4.69) is 4.74 Å². The Hall–Kier alpha value is -1.18. The van der Waals surface area contributed by atoms with Crippen LogP contribution in [0.2, 0.25) is 0 Å². The predicted molar refractivity (Wildman–Crippen MR) is 49.3 cm³/mol. The molecule has 0 aliphatic carbocycles. The first-order valence-electron chi connectivity index (χ1n) is 4.32. The zero-order valence-corrected chi connectivity index (χ0v) is 8.45. The summed E-state index contributed by atoms with van der Waals surface area (Å²) in [6, 6.07) is -1.16. The number of carbonyl (C=O) groups is 2. The van der Waals surface area contributed by atoms with Crippen molar-refractivity contribution in [2.75, 3.05) is 0 Å². The summed E-state index contributed by atoms with van der Waals surface area (Å²) in [7, 11) is 0. The first-order valence-corrected chi connectivity index (χ1v) is 4.32. The van der Waals surface area contributed by atoms with Crippen LogP contribution in [0.5, 0.6) is 0 Å². The molecule has 0 amide bonds. The SMILES string of the molecule is C[C@@H](O)[C@H](N)C(=O)O.C[C@H]1O[C@H]1C(=O)O. The Morgan fingerprint density at radius 2 is 1.80 bits per heavy atom. The van der Waals surface area contributed by atoms with Crippen molar-refractivity contribution in [1.29, 1.82) is 0 Å². The Morgan fingerprint density at radius 3 is 1.80 bits per heavy atom. The lowest BCUT2D eigenvalue weighted by Crippen LogP contribution is -2.39. The third-order valence-electron chi connectivity index (χ3n) is 1.76. The lowest BCUT2D eigenvalue weighted by molar-refractivity contribution is -0.141. The molecule has 1 rings (SSSR count). The van der Waals surface area contributed by atoms with Crippen LogP contribution in [0.1, 0.15) is 13.8 Å². The average molecular weight is 221 g/mol. The van der Waals surface area contributed by atoms with Crippen LogP contribution in [0.4, 0.5) is 0 Å². The molecular weight excluding hydrogens is 206 g/mol. The number of hydrogen-bond acceptors (Lipinski definition) is 5. The van der Waals surface area contributed by atoms with Crippen LogP contribution in [0.25, 0.3) is 0 Å². The van der Waals surface area contributed by atoms with E-state index in [-0.39, 0.29) is 6.10 Å². The highest BCUT2D eigenvalue weighted by atomic mass is 16.6. The van der Waals surface area contributed by atoms with Gasteiger partial charge in [-0.25, -0.2) is 4.79 Å². The van der Waals surface area contributed by atoms with Gasteiger partial charge >= 0.3 is 11.9 Å². The molecule has 0 bridgehead atoms. The van der Waals surface area contributed by atoms with Crippen LogP contribution >= 0.6 is 0 Å². The second-order valence-electron chi connectivity index (χ2n) is 3.20. The molecule has 15 heavy (non-hydrogen) atoms. The van der Waals surface area contributed by atoms with Gasteiger partial charge in [-0.15, -0.1) is 0 Å². The molecule has 7 nitrogen and oxygen atoms in total. The van der Waals surface area contributed by atoms with Crippen LogP contribution in [-0.4, -0.2) is 51.6 Å². The third kappa shape index (κ3) is 5.31. The molecule has 88 valence electrons. The second-order valence-corrected chi connectivity index (χ2v) is 3.20. The van der Waals surface area contributed by atoms with Gasteiger partial charge in [-0.3, -0.25) is 4.79 Å². The molecule has 1 saturated heterocycles. The van der Waals surface area contributed by atoms with Gasteiger partial charge in [-0.1, -0.05) is 0 Å². The van der Waals surface area contributed by atoms with Crippen LogP contribution < -0.4 is 5.73 Å². The minimum Gasteiger partial charge on any atom is -0.480 e. The lowest BCUT2D eigenvalue weighted by atomic mass is 10.2. The summed E-state index contributed by atoms with van der Waals surface area (Å²) in [6.07, 6.45) is -1.55. The van der Waals surface area contributed by atoms with Crippen molar-refractivity contribution < 1.29 is 29.6 Å². The molecule has 0 saturated carbocycles. The van der Waals surface area contributed by atoms with Crippen LogP contribution in [0.3, 0.4) is 0 Å². The van der Waals surface area contributed by atoms with Crippen molar-refractivity contribution in [1.82, 2.24) is 0 Å². The zero-order chi connectivity index (χ0) is 12.2. The number of carboxylic acids is 2. The highest BCUT2D eigenvalue weighted by Gasteiger charge is 2.41. The molecule has 4 atom stereocenters. The van der Waals surface area contributed by atoms with Crippen molar-refractivity contribution in [3.05, 3.63) is 0 Å². The Labute approximate surface area is 86.5 Å². The Bertz CT molecular complexity index is 241. The average Bonchev–Trinajstić information content (AvgIpc) is 2.82. The minimum absolute atomic E-state index is 0.0579. The Kier molecular flexibility index (Phi) is 5.20. The van der Waals surface area contributed by atoms with Gasteiger partial charge in [0.15, 0.2) is 6.10 Å². The number of nitrogens with two attached hydrogens (primary N) is 1. The largest absolute Gasteiger partial charge is 0.480 e. The highest BCUT2D eigenvalue weighted by Crippen LogP contribution is 2.20. The Morgan fingerprint density at radius 1 is 1.40 bits per heavy atom. The van der Waals surface area contributed by atoms with Gasteiger partial charge in [0.2, 0.25) is 0 Å². The molecule has 1 heterocycles. The number of aliphatic hydroxyl groups is 1. The maximum Gasteiger partial charge on any atom is 0.335 e. The van der Waals surface area contributed by atoms with Crippen LogP contribution in [-0.2, 0) is 14.3 Å². The van der Waals surface area contributed by atoms with E-state index in [0.717, 1.165) is 0 Å². The van der Waals surface area contributed by atoms with Crippen molar-refractivity contribution in [2.24, 2.45) is 5.73 Å². The fraction of sp³-hybridized carbons (Fsp3) is 0.750. The second kappa shape index (κ2) is 5.64. The van der Waals surface area contributed by atoms with Crippen molar-refractivity contribution in [2.45, 2.75) is 38.2 Å². The van der Waals surface area contributed by atoms with E-state index in [9.17, 15) is 9.59 Å². The summed E-state index contributed by atoms with van der Waals surface area (Å²) in [5, 5.41) is 24.7. The fourth-order valence-corrected chi connectivity index (χ4v) is 0.651. The van der Waals surface area contributed by atoms with Gasteiger partial charge in [0.05, 0.1) is 12.2 Å². The van der Waals surface area contributed by atoms with E-state index in [4.69, 9.17) is 21.1 Å². The van der Waals surface area contributed by atoms with Gasteiger partial charge in [-0.05, 0) is 13.8 Å². The standard InChI is InChI=1S/C4H9NO3.C4H6O3/c1-2(6)3(5)4(7)8;1-2-3(7-2)4(5)6/h2-3,6H,5H2,1H3,(H,7,8);2-3H,1H3,(H,5,6)/t2-,3+;2-,3-/m11/s1. The third-order valence-corrected chi connectivity index (χ3v) is 1.76. The van der Waals surface area contributed by atoms with Gasteiger partial charge in [-0.2, -0.15) is 0 Å². The summed E-state index contributed by atoms with van der Waals surface area (Å²) in [5.74, 6) is -2.03. The van der Waals surface area contributed by atoms with E-state index >= 15 is 0 Å². The number of epoxide rings is 1. The van der Waals surface area contributed by atoms with Gasteiger partial charge in [0, 0.05) is 0 Å². The molecule has 0 unspecified atom stereocenters. The molecule has 0 radical (unpaired) electrons. The molecule has 0 aromatic rings. The summed E-state index contributed by atoms with van der Waals surface area (Å²) in [5.41, 5.74) is 4.91. The first kappa shape index (κ1) is 13.8. The Balaban J connectivity index is 0.000000262. The maximum absolute atomic E-state index is 9.86. The number of rotatable bonds is 3. The van der Waals surface area contributed by atoms with Crippen molar-refractivity contribution >= 4 is 11.9 Å². The minimum atomic E-state index is -1.18. The summed E-state index contributed by atoms with van der Waals surface area (Å²) in [4.78, 5) is 19.7. The van der Waals surface area contributed by atoms with E-state index in [1.54, 1.807) is 6.92 Å². The smallest absolute Gasteiger partial charge is 0.335 e. The summed E-state index contributed by atoms with van der Waals surface area (Å²) < 4.78 is 4.58. The summed E-state index contributed by atoms with van der Waals surface area (Å²) >= 11 is 0. The van der Waals surface area contributed by atoms with E-state index in [0.29, 0.717) is 0 Å². The van der Waals surface area contributed by atoms with E-state index < -0.39 is 30.2 Å². The number of ether oxygens (including phenoxy) is 1. The molecule has 1 fully saturated rings. The number of aliphatic hydroxyl groups excluding tert-OH is 1. The number of aliphatic carboxylic acids is 2. The fourth-order valence-electron chi connectivity index (χ4n) is 0.651. The highest BCUT2D eigenvalue weighted by molar-refractivity contribution is 5.75. The quantitative estimate of drug-likeness (QED) is 0.432. The first-order chi connectivity index (χ1) is 6.77. The van der Waals surface area contributed by atoms with Gasteiger partial charge in [0.1, 0.15) is 6.04 Å². The predicted octanol–water partition coefficient (Wildman–Crippen LogP) is -1.36. The maximum atomic E-state index is 9.86. The van der Waals surface area contributed by atoms with Crippen LogP contribution in [0, 0.1) is 0 Å². The van der Waals surface area contributed by atoms with Gasteiger partial charge < -0.3 is 25.8 Å². The monoisotopic (exact) mass is 221 g/mol. The van der Waals surface area contributed by atoms with Crippen molar-refractivity contribution in [3.8, 4) is 0 Å². The normalized spacial score (nSPS) is 26.9. The van der Waals surface area contributed by atoms with Crippen molar-refractivity contribution in [3.63, 3.8) is 0 Å². The number of hydrogen-bond donors (Lipinski definition) is 4. The molecule has 0 aromatic carbocycles. The molecule has 5 N–H and O–H groups in total. The topological polar surface area (TPSA) is 133 Å². The number of carboxylic acid groups (broad SMARTS) is 2. The molecule has 1 aliphatic heterocycles. The summed E-state index contributed by atoms with van der Waals surface area (Å²) in [6.45, 7) is 3.07. The molecule has 1 aliphatic rings. The zero-order valence-electron chi connectivity index (χ0n) is 8.45. The molecule has 0 spiro atoms. The van der Waals surface area contributed by atoms with Crippen LogP contribution in [0.15, 0.2) is 0 Å². The van der Waals surface area contributed by atoms with Gasteiger partial charge in [0.25, 0.3) is 0 Å². The molecule has 7 heteroatoms. The van der Waals surface area contributed by atoms with E-state index in [1.807, 2.05) is 0 Å². The lowest BCUT2D eigenvalue weighted by Gasteiger charge is -2.06.